The van der Waals surface area contributed by atoms with E-state index in [9.17, 15) is 0 Å². The molecule has 0 radical (unpaired) electrons. The highest BCUT2D eigenvalue weighted by atomic mass is 32.1. The molecule has 0 amide bonds. The molecule has 12 rings (SSSR count). The smallest absolute Gasteiger partial charge is 0.159 e. The van der Waals surface area contributed by atoms with Gasteiger partial charge in [-0.05, 0) is 82.9 Å². The van der Waals surface area contributed by atoms with Gasteiger partial charge in [0.15, 0.2) is 5.58 Å². The van der Waals surface area contributed by atoms with Crippen molar-refractivity contribution < 1.29 is 4.42 Å². The molecule has 0 saturated heterocycles. The molecule has 3 aromatic heterocycles. The van der Waals surface area contributed by atoms with Crippen molar-refractivity contribution in [3.8, 4) is 27.9 Å². The van der Waals surface area contributed by atoms with E-state index in [1.165, 1.54) is 53.1 Å². The number of anilines is 3. The Morgan fingerprint density at radius 1 is 0.397 bits per heavy atom. The fourth-order valence-electron chi connectivity index (χ4n) is 8.91. The molecule has 0 fully saturated rings. The number of thiophene rings is 1. The maximum Gasteiger partial charge on any atom is 0.159 e. The second-order valence-electron chi connectivity index (χ2n) is 14.9. The summed E-state index contributed by atoms with van der Waals surface area (Å²) in [6.07, 6.45) is 0. The monoisotopic (exact) mass is 758 g/mol. The molecule has 3 nitrogen and oxygen atoms in total. The van der Waals surface area contributed by atoms with Crippen molar-refractivity contribution >= 4 is 92.3 Å². The molecule has 0 aliphatic carbocycles. The van der Waals surface area contributed by atoms with E-state index in [4.69, 9.17) is 4.42 Å². The zero-order valence-corrected chi connectivity index (χ0v) is 32.2. The first-order valence-corrected chi connectivity index (χ1v) is 20.5. The summed E-state index contributed by atoms with van der Waals surface area (Å²) in [4.78, 5) is 2.39. The number of aromatic nitrogens is 1. The van der Waals surface area contributed by atoms with E-state index >= 15 is 0 Å². The molecule has 4 heteroatoms. The Labute approximate surface area is 338 Å². The standard InChI is InChI=1S/C54H34N2OS/c1-2-14-39(15-3-1)55-47-22-7-4-17-41(47)42-32-31-38(34-50(42)55)36-29-27-35(28-30-36)37-13-10-16-40(33-37)56(48-23-11-20-45-43-18-5-8-25-51(43)57-53(45)48)49-24-12-21-46-44-19-6-9-26-52(44)58-54(46)49/h1-34H. The minimum atomic E-state index is 0.875. The first-order valence-electron chi connectivity index (χ1n) is 19.7. The van der Waals surface area contributed by atoms with Gasteiger partial charge in [-0.1, -0.05) is 146 Å². The number of fused-ring (bicyclic) bond motifs is 9. The van der Waals surface area contributed by atoms with Crippen molar-refractivity contribution in [3.05, 3.63) is 206 Å². The Kier molecular flexibility index (Phi) is 7.40. The van der Waals surface area contributed by atoms with E-state index in [-0.39, 0.29) is 0 Å². The molecule has 12 aromatic rings. The predicted molar refractivity (Wildman–Crippen MR) is 247 cm³/mol. The number of hydrogen-bond donors (Lipinski definition) is 0. The van der Waals surface area contributed by atoms with E-state index < -0.39 is 0 Å². The van der Waals surface area contributed by atoms with Gasteiger partial charge in [0.05, 0.1) is 27.1 Å². The second kappa shape index (κ2) is 13.1. The summed E-state index contributed by atoms with van der Waals surface area (Å²) in [5, 5.41) is 7.28. The average Bonchev–Trinajstić information content (AvgIpc) is 3.97. The third-order valence-corrected chi connectivity index (χ3v) is 12.8. The Balaban J connectivity index is 0.985. The Morgan fingerprint density at radius 3 is 1.86 bits per heavy atom. The normalized spacial score (nSPS) is 11.8. The molecular weight excluding hydrogens is 725 g/mol. The molecule has 0 atom stereocenters. The molecule has 0 saturated carbocycles. The van der Waals surface area contributed by atoms with Crippen LogP contribution in [-0.4, -0.2) is 4.57 Å². The summed E-state index contributed by atoms with van der Waals surface area (Å²) in [6, 6.07) is 74.3. The van der Waals surface area contributed by atoms with Crippen molar-refractivity contribution in [2.24, 2.45) is 0 Å². The predicted octanol–water partition coefficient (Wildman–Crippen LogP) is 15.9. The highest BCUT2D eigenvalue weighted by Crippen LogP contribution is 2.48. The lowest BCUT2D eigenvalue weighted by molar-refractivity contribution is 0.669. The minimum Gasteiger partial charge on any atom is -0.454 e. The van der Waals surface area contributed by atoms with Crippen LogP contribution in [0.15, 0.2) is 211 Å². The van der Waals surface area contributed by atoms with Crippen LogP contribution in [0.5, 0.6) is 0 Å². The lowest BCUT2D eigenvalue weighted by Gasteiger charge is -2.26. The second-order valence-corrected chi connectivity index (χ2v) is 15.9. The molecule has 0 unspecified atom stereocenters. The minimum absolute atomic E-state index is 0.875. The number of benzene rings is 9. The van der Waals surface area contributed by atoms with Gasteiger partial charge in [-0.2, -0.15) is 0 Å². The van der Waals surface area contributed by atoms with Crippen molar-refractivity contribution in [2.45, 2.75) is 0 Å². The molecule has 0 spiro atoms. The van der Waals surface area contributed by atoms with Gasteiger partial charge in [-0.25, -0.2) is 0 Å². The van der Waals surface area contributed by atoms with E-state index in [0.29, 0.717) is 0 Å². The number of hydrogen-bond acceptors (Lipinski definition) is 3. The first kappa shape index (κ1) is 32.8. The van der Waals surface area contributed by atoms with Crippen LogP contribution in [0.1, 0.15) is 0 Å². The molecule has 9 aromatic carbocycles. The number of furan rings is 1. The molecule has 0 aliphatic heterocycles. The highest BCUT2D eigenvalue weighted by Gasteiger charge is 2.23. The summed E-state index contributed by atoms with van der Waals surface area (Å²) in [5.74, 6) is 0. The van der Waals surface area contributed by atoms with Crippen molar-refractivity contribution in [2.75, 3.05) is 4.90 Å². The summed E-state index contributed by atoms with van der Waals surface area (Å²) < 4.78 is 11.6. The van der Waals surface area contributed by atoms with Crippen LogP contribution in [0.3, 0.4) is 0 Å². The quantitative estimate of drug-likeness (QED) is 0.168. The molecule has 0 aliphatic rings. The Hall–Kier alpha value is -7.40. The van der Waals surface area contributed by atoms with Crippen LogP contribution in [0.4, 0.5) is 17.1 Å². The molecule has 58 heavy (non-hydrogen) atoms. The van der Waals surface area contributed by atoms with Gasteiger partial charge in [0.2, 0.25) is 0 Å². The summed E-state index contributed by atoms with van der Waals surface area (Å²) >= 11 is 1.84. The summed E-state index contributed by atoms with van der Waals surface area (Å²) in [7, 11) is 0. The Morgan fingerprint density at radius 2 is 1.02 bits per heavy atom. The zero-order valence-electron chi connectivity index (χ0n) is 31.3. The van der Waals surface area contributed by atoms with Gasteiger partial charge in [0.1, 0.15) is 5.58 Å². The fourth-order valence-corrected chi connectivity index (χ4v) is 10.1. The third kappa shape index (κ3) is 5.12. The van der Waals surface area contributed by atoms with Gasteiger partial charge in [-0.3, -0.25) is 0 Å². The maximum absolute atomic E-state index is 6.69. The van der Waals surface area contributed by atoms with Crippen molar-refractivity contribution in [1.82, 2.24) is 4.57 Å². The van der Waals surface area contributed by atoms with Gasteiger partial charge in [0, 0.05) is 48.4 Å². The lowest BCUT2D eigenvalue weighted by atomic mass is 9.99. The fraction of sp³-hybridized carbons (Fsp3) is 0. The van der Waals surface area contributed by atoms with Gasteiger partial charge in [0.25, 0.3) is 0 Å². The number of rotatable bonds is 6. The lowest BCUT2D eigenvalue weighted by Crippen LogP contribution is -2.10. The van der Waals surface area contributed by atoms with Crippen molar-refractivity contribution in [1.29, 1.82) is 0 Å². The Bertz CT molecular complexity index is 3400. The van der Waals surface area contributed by atoms with Crippen LogP contribution >= 0.6 is 11.3 Å². The first-order chi connectivity index (χ1) is 28.8. The van der Waals surface area contributed by atoms with Crippen molar-refractivity contribution in [3.63, 3.8) is 0 Å². The average molecular weight is 759 g/mol. The van der Waals surface area contributed by atoms with Crippen LogP contribution < -0.4 is 4.90 Å². The van der Waals surface area contributed by atoms with Gasteiger partial charge >= 0.3 is 0 Å². The zero-order chi connectivity index (χ0) is 38.2. The van der Waals surface area contributed by atoms with E-state index in [1.54, 1.807) is 0 Å². The highest BCUT2D eigenvalue weighted by molar-refractivity contribution is 7.26. The van der Waals surface area contributed by atoms with E-state index in [0.717, 1.165) is 55.8 Å². The van der Waals surface area contributed by atoms with Gasteiger partial charge in [-0.15, -0.1) is 11.3 Å². The van der Waals surface area contributed by atoms with E-state index in [1.807, 2.05) is 17.4 Å². The SMILES string of the molecule is c1ccc(-n2c3ccccc3c3ccc(-c4ccc(-c5cccc(N(c6cccc7c6oc6ccccc67)c6cccc7c6sc6ccccc67)c5)cc4)cc32)cc1. The number of para-hydroxylation sites is 4. The molecule has 3 heterocycles. The topological polar surface area (TPSA) is 21.3 Å². The third-order valence-electron chi connectivity index (χ3n) is 11.6. The van der Waals surface area contributed by atoms with Crippen LogP contribution in [0.25, 0.3) is 91.9 Å². The van der Waals surface area contributed by atoms with E-state index in [2.05, 4.69) is 210 Å². The molecule has 0 bridgehead atoms. The van der Waals surface area contributed by atoms with Crippen LogP contribution in [-0.2, 0) is 0 Å². The summed E-state index contributed by atoms with van der Waals surface area (Å²) in [6.45, 7) is 0. The van der Waals surface area contributed by atoms with Crippen LogP contribution in [0.2, 0.25) is 0 Å². The molecule has 272 valence electrons. The molecular formula is C54H34N2OS. The largest absolute Gasteiger partial charge is 0.454 e. The number of nitrogens with zero attached hydrogens (tertiary/aromatic N) is 2. The molecule has 0 N–H and O–H groups in total. The maximum atomic E-state index is 6.69. The van der Waals surface area contributed by atoms with Gasteiger partial charge < -0.3 is 13.9 Å². The summed E-state index contributed by atoms with van der Waals surface area (Å²) in [5.41, 5.74) is 13.2. The van der Waals surface area contributed by atoms with Crippen LogP contribution in [0, 0.1) is 0 Å².